The van der Waals surface area contributed by atoms with Crippen LogP contribution in [0.3, 0.4) is 0 Å². The number of benzene rings is 2. The van der Waals surface area contributed by atoms with Crippen molar-refractivity contribution < 1.29 is 34.7 Å². The first-order chi connectivity index (χ1) is 12.8. The van der Waals surface area contributed by atoms with Crippen LogP contribution in [0.25, 0.3) is 22.2 Å². The van der Waals surface area contributed by atoms with Crippen LogP contribution in [0.1, 0.15) is 25.0 Å². The first-order valence-electron chi connectivity index (χ1n) is 8.62. The second kappa shape index (κ2) is 10.7. The number of fused-ring (bicyclic) bond motifs is 1. The maximum absolute atomic E-state index is 10.0. The van der Waals surface area contributed by atoms with E-state index in [4.69, 9.17) is 14.8 Å². The minimum Gasteiger partial charge on any atom is -0.512 e. The first-order valence-corrected chi connectivity index (χ1v) is 8.62. The minimum absolute atomic E-state index is 0. The molecule has 0 aliphatic carbocycles. The molecule has 1 heterocycles. The van der Waals surface area contributed by atoms with Gasteiger partial charge in [-0.25, -0.2) is 0 Å². The smallest absolute Gasteiger partial charge is 0.155 e. The zero-order chi connectivity index (χ0) is 20.0. The van der Waals surface area contributed by atoms with Crippen LogP contribution in [-0.4, -0.2) is 23.0 Å². The topological polar surface area (TPSA) is 59.4 Å². The Balaban J connectivity index is 0.000000425. The molecule has 0 spiro atoms. The fourth-order valence-corrected chi connectivity index (χ4v) is 2.62. The molecule has 0 bridgehead atoms. The number of aromatic nitrogens is 1. The van der Waals surface area contributed by atoms with Crippen LogP contribution in [-0.2, 0) is 24.9 Å². The van der Waals surface area contributed by atoms with Crippen molar-refractivity contribution in [2.75, 3.05) is 7.11 Å². The van der Waals surface area contributed by atoms with E-state index in [1.165, 1.54) is 31.1 Å². The van der Waals surface area contributed by atoms with Crippen molar-refractivity contribution in [1.29, 1.82) is 0 Å². The predicted octanol–water partition coefficient (Wildman–Crippen LogP) is 5.36. The number of hydrogen-bond donors (Lipinski definition) is 1. The summed E-state index contributed by atoms with van der Waals surface area (Å²) in [6.45, 7) is 6.99. The Hall–Kier alpha value is -2.49. The third-order valence-corrected chi connectivity index (χ3v) is 3.78. The van der Waals surface area contributed by atoms with Gasteiger partial charge in [-0.2, -0.15) is 0 Å². The van der Waals surface area contributed by atoms with E-state index in [9.17, 15) is 4.79 Å². The zero-order valence-corrected chi connectivity index (χ0v) is 19.1. The SMILES string of the molecule is CC(=O)/C=C(/C)O.COc1cc2ccc(C)cc2nc1-c1[c-]ccc(C)c1.[Ir]. The van der Waals surface area contributed by atoms with Gasteiger partial charge in [0.05, 0.1) is 18.4 Å². The molecule has 1 radical (unpaired) electrons. The maximum atomic E-state index is 10.0. The molecule has 0 atom stereocenters. The van der Waals surface area contributed by atoms with Crippen LogP contribution in [0.15, 0.2) is 54.3 Å². The van der Waals surface area contributed by atoms with E-state index in [0.29, 0.717) is 0 Å². The molecule has 0 saturated carbocycles. The quantitative estimate of drug-likeness (QED) is 0.269. The normalized spacial score (nSPS) is 10.5. The number of allylic oxidation sites excluding steroid dienone is 2. The van der Waals surface area contributed by atoms with Crippen molar-refractivity contribution >= 4 is 16.7 Å². The van der Waals surface area contributed by atoms with Gasteiger partial charge in [0.2, 0.25) is 0 Å². The van der Waals surface area contributed by atoms with Crippen molar-refractivity contribution in [1.82, 2.24) is 4.98 Å². The molecule has 0 aliphatic rings. The number of carbonyl (C=O) groups excluding carboxylic acids is 1. The number of aliphatic hydroxyl groups is 1. The molecule has 2 aromatic carbocycles. The molecule has 28 heavy (non-hydrogen) atoms. The molecule has 1 aromatic heterocycles. The van der Waals surface area contributed by atoms with E-state index in [1.807, 2.05) is 18.2 Å². The zero-order valence-electron chi connectivity index (χ0n) is 16.7. The molecule has 0 amide bonds. The number of hydrogen-bond acceptors (Lipinski definition) is 4. The van der Waals surface area contributed by atoms with Gasteiger partial charge in [0, 0.05) is 37.3 Å². The summed E-state index contributed by atoms with van der Waals surface area (Å²) in [6.07, 6.45) is 1.17. The average molecular weight is 555 g/mol. The molecule has 0 saturated heterocycles. The van der Waals surface area contributed by atoms with Gasteiger partial charge in [-0.3, -0.25) is 9.78 Å². The number of nitrogens with zero attached hydrogens (tertiary/aromatic N) is 1. The van der Waals surface area contributed by atoms with Crippen molar-refractivity contribution in [2.24, 2.45) is 0 Å². The molecular formula is C23H24IrNO3-. The van der Waals surface area contributed by atoms with Gasteiger partial charge >= 0.3 is 0 Å². The fraction of sp³-hybridized carbons (Fsp3) is 0.217. The molecular weight excluding hydrogens is 530 g/mol. The van der Waals surface area contributed by atoms with Crippen LogP contribution in [0, 0.1) is 19.9 Å². The van der Waals surface area contributed by atoms with Gasteiger partial charge < -0.3 is 9.84 Å². The maximum Gasteiger partial charge on any atom is 0.155 e. The third-order valence-electron chi connectivity index (χ3n) is 3.78. The first kappa shape index (κ1) is 23.5. The summed E-state index contributed by atoms with van der Waals surface area (Å²) in [7, 11) is 1.68. The molecule has 1 N–H and O–H groups in total. The average Bonchev–Trinajstić information content (AvgIpc) is 2.60. The van der Waals surface area contributed by atoms with Crippen molar-refractivity contribution in [3.8, 4) is 17.0 Å². The Labute approximate surface area is 179 Å². The predicted molar refractivity (Wildman–Crippen MR) is 109 cm³/mol. The molecule has 0 unspecified atom stereocenters. The number of pyridine rings is 1. The van der Waals surface area contributed by atoms with Gasteiger partial charge in [-0.05, 0) is 38.5 Å². The third kappa shape index (κ3) is 6.59. The van der Waals surface area contributed by atoms with Gasteiger partial charge in [0.1, 0.15) is 5.75 Å². The summed E-state index contributed by atoms with van der Waals surface area (Å²) in [5.41, 5.74) is 5.18. The van der Waals surface area contributed by atoms with E-state index < -0.39 is 0 Å². The molecule has 3 aromatic rings. The number of ketones is 1. The molecule has 3 rings (SSSR count). The Morgan fingerprint density at radius 1 is 1.11 bits per heavy atom. The minimum atomic E-state index is -0.125. The number of aryl methyl sites for hydroxylation is 2. The Morgan fingerprint density at radius 3 is 2.32 bits per heavy atom. The standard InChI is InChI=1S/C18H16NO.C5H8O2.Ir/c1-12-5-4-6-15(9-12)18-17(20-3)11-14-8-7-13(2)10-16(14)19-18;1-4(6)3-5(2)7;/h4-5,7-11H,1-3H3;3,6H,1-2H3;/q-1;;/b;4-3-;. The van der Waals surface area contributed by atoms with Crippen LogP contribution < -0.4 is 4.74 Å². The van der Waals surface area contributed by atoms with Crippen molar-refractivity contribution in [3.05, 3.63) is 71.5 Å². The summed E-state index contributed by atoms with van der Waals surface area (Å²) in [6, 6.07) is 17.5. The summed E-state index contributed by atoms with van der Waals surface area (Å²) >= 11 is 0. The summed E-state index contributed by atoms with van der Waals surface area (Å²) in [4.78, 5) is 14.8. The van der Waals surface area contributed by atoms with Gasteiger partial charge in [0.15, 0.2) is 5.78 Å². The van der Waals surface area contributed by atoms with Crippen LogP contribution in [0.2, 0.25) is 0 Å². The molecule has 5 heteroatoms. The summed E-state index contributed by atoms with van der Waals surface area (Å²) in [5, 5.41) is 9.45. The van der Waals surface area contributed by atoms with Gasteiger partial charge in [-0.1, -0.05) is 19.1 Å². The van der Waals surface area contributed by atoms with Crippen LogP contribution >= 0.6 is 0 Å². The summed E-state index contributed by atoms with van der Waals surface area (Å²) in [5.74, 6) is 0.718. The summed E-state index contributed by atoms with van der Waals surface area (Å²) < 4.78 is 5.50. The van der Waals surface area contributed by atoms with Gasteiger partial charge in [-0.15, -0.1) is 35.4 Å². The Kier molecular flexibility index (Phi) is 9.04. The van der Waals surface area contributed by atoms with Crippen molar-refractivity contribution in [2.45, 2.75) is 27.7 Å². The number of methoxy groups -OCH3 is 1. The largest absolute Gasteiger partial charge is 0.512 e. The van der Waals surface area contributed by atoms with E-state index in [0.717, 1.165) is 27.9 Å². The second-order valence-electron chi connectivity index (χ2n) is 6.41. The second-order valence-corrected chi connectivity index (χ2v) is 6.41. The van der Waals surface area contributed by atoms with Crippen molar-refractivity contribution in [3.63, 3.8) is 0 Å². The van der Waals surface area contributed by atoms with Crippen LogP contribution in [0.5, 0.6) is 5.75 Å². The van der Waals surface area contributed by atoms with E-state index in [2.05, 4.69) is 44.2 Å². The molecule has 4 nitrogen and oxygen atoms in total. The Bertz CT molecular complexity index is 992. The van der Waals surface area contributed by atoms with E-state index in [1.54, 1.807) is 7.11 Å². The molecule has 149 valence electrons. The number of carbonyl (C=O) groups is 1. The van der Waals surface area contributed by atoms with Crippen LogP contribution in [0.4, 0.5) is 0 Å². The molecule has 0 fully saturated rings. The number of rotatable bonds is 3. The van der Waals surface area contributed by atoms with E-state index >= 15 is 0 Å². The number of aliphatic hydroxyl groups excluding tert-OH is 1. The van der Waals surface area contributed by atoms with Gasteiger partial charge in [0.25, 0.3) is 0 Å². The monoisotopic (exact) mass is 555 g/mol. The number of ether oxygens (including phenoxy) is 1. The Morgan fingerprint density at radius 2 is 1.79 bits per heavy atom. The molecule has 0 aliphatic heterocycles. The van der Waals surface area contributed by atoms with E-state index in [-0.39, 0.29) is 31.6 Å². The fourth-order valence-electron chi connectivity index (χ4n) is 2.62.